The van der Waals surface area contributed by atoms with Crippen molar-refractivity contribution < 1.29 is 14.6 Å². The number of benzene rings is 1. The first-order valence-electron chi connectivity index (χ1n) is 5.82. The third-order valence-corrected chi connectivity index (χ3v) is 2.57. The second-order valence-electron chi connectivity index (χ2n) is 3.98. The molecule has 2 N–H and O–H groups in total. The lowest BCUT2D eigenvalue weighted by Crippen LogP contribution is -2.29. The van der Waals surface area contributed by atoms with Crippen molar-refractivity contribution in [2.45, 2.75) is 6.54 Å². The maximum atomic E-state index is 11.4. The van der Waals surface area contributed by atoms with E-state index in [1.54, 1.807) is 0 Å². The third kappa shape index (κ3) is 3.35. The lowest BCUT2D eigenvalue weighted by molar-refractivity contribution is 0.0697. The summed E-state index contributed by atoms with van der Waals surface area (Å²) in [7, 11) is 0. The molecule has 7 heteroatoms. The van der Waals surface area contributed by atoms with E-state index >= 15 is 0 Å². The Morgan fingerprint density at radius 1 is 1.15 bits per heavy atom. The van der Waals surface area contributed by atoms with E-state index in [0.717, 1.165) is 10.7 Å². The molecule has 2 aromatic rings. The monoisotopic (exact) mass is 276 g/mol. The molecule has 0 aliphatic rings. The Balaban J connectivity index is 1.96. The normalized spacial score (nSPS) is 10.2. The van der Waals surface area contributed by atoms with E-state index in [-0.39, 0.29) is 29.8 Å². The number of nitrogens with one attached hydrogen (secondary N) is 1. The highest BCUT2D eigenvalue weighted by molar-refractivity contribution is 5.87. The molecule has 0 spiro atoms. The van der Waals surface area contributed by atoms with Crippen LogP contribution in [0.1, 0.15) is 10.4 Å². The first-order chi connectivity index (χ1) is 9.56. The van der Waals surface area contributed by atoms with Crippen LogP contribution in [0, 0.1) is 0 Å². The molecule has 0 amide bonds. The molecule has 0 fully saturated rings. The highest BCUT2D eigenvalue weighted by atomic mass is 16.5. The molecule has 7 nitrogen and oxygen atoms in total. The molecule has 0 saturated heterocycles. The summed E-state index contributed by atoms with van der Waals surface area (Å²) in [5, 5.41) is 11.1. The Hall–Kier alpha value is -2.83. The summed E-state index contributed by atoms with van der Waals surface area (Å²) in [5.41, 5.74) is -0.522. The summed E-state index contributed by atoms with van der Waals surface area (Å²) < 4.78 is 6.51. The Morgan fingerprint density at radius 2 is 1.85 bits per heavy atom. The van der Waals surface area contributed by atoms with Crippen LogP contribution in [0.3, 0.4) is 0 Å². The lowest BCUT2D eigenvalue weighted by Gasteiger charge is -2.07. The van der Waals surface area contributed by atoms with Crippen LogP contribution in [0.4, 0.5) is 0 Å². The van der Waals surface area contributed by atoms with Gasteiger partial charge in [-0.05, 0) is 24.3 Å². The second-order valence-corrected chi connectivity index (χ2v) is 3.98. The van der Waals surface area contributed by atoms with Crippen LogP contribution in [0.2, 0.25) is 0 Å². The van der Waals surface area contributed by atoms with Gasteiger partial charge in [0.05, 0.1) is 12.1 Å². The van der Waals surface area contributed by atoms with Gasteiger partial charge in [0.2, 0.25) is 0 Å². The molecule has 0 radical (unpaired) electrons. The van der Waals surface area contributed by atoms with Gasteiger partial charge in [0.1, 0.15) is 12.4 Å². The van der Waals surface area contributed by atoms with E-state index in [1.807, 2.05) is 0 Å². The van der Waals surface area contributed by atoms with Crippen molar-refractivity contribution in [2.24, 2.45) is 0 Å². The van der Waals surface area contributed by atoms with Gasteiger partial charge in [-0.1, -0.05) is 0 Å². The van der Waals surface area contributed by atoms with E-state index < -0.39 is 5.97 Å². The van der Waals surface area contributed by atoms with E-state index in [9.17, 15) is 14.4 Å². The molecule has 0 atom stereocenters. The first kappa shape index (κ1) is 13.6. The molecule has 1 aromatic carbocycles. The predicted molar refractivity (Wildman–Crippen MR) is 70.2 cm³/mol. The molecule has 1 heterocycles. The van der Waals surface area contributed by atoms with Gasteiger partial charge >= 0.3 is 5.97 Å². The minimum Gasteiger partial charge on any atom is -0.492 e. The van der Waals surface area contributed by atoms with Gasteiger partial charge in [0.15, 0.2) is 0 Å². The van der Waals surface area contributed by atoms with Crippen LogP contribution in [-0.2, 0) is 6.54 Å². The Bertz CT molecular complexity index is 715. The van der Waals surface area contributed by atoms with Crippen LogP contribution < -0.4 is 15.9 Å². The van der Waals surface area contributed by atoms with Crippen LogP contribution in [0.5, 0.6) is 5.75 Å². The number of rotatable bonds is 5. The molecule has 20 heavy (non-hydrogen) atoms. The van der Waals surface area contributed by atoms with Gasteiger partial charge in [-0.2, -0.15) is 0 Å². The summed E-state index contributed by atoms with van der Waals surface area (Å²) in [6, 6.07) is 8.24. The number of aromatic amines is 1. The van der Waals surface area contributed by atoms with Crippen LogP contribution in [-0.4, -0.2) is 27.5 Å². The zero-order valence-corrected chi connectivity index (χ0v) is 10.4. The van der Waals surface area contributed by atoms with E-state index in [2.05, 4.69) is 5.10 Å². The number of aromatic carboxylic acids is 1. The van der Waals surface area contributed by atoms with Crippen LogP contribution in [0.15, 0.2) is 46.0 Å². The molecular formula is C13H12N2O5. The smallest absolute Gasteiger partial charge is 0.335 e. The summed E-state index contributed by atoms with van der Waals surface area (Å²) in [4.78, 5) is 33.1. The molecule has 0 aliphatic heterocycles. The van der Waals surface area contributed by atoms with Crippen molar-refractivity contribution >= 4 is 5.97 Å². The van der Waals surface area contributed by atoms with Crippen molar-refractivity contribution in [3.05, 3.63) is 62.7 Å². The second kappa shape index (κ2) is 5.87. The van der Waals surface area contributed by atoms with Gasteiger partial charge in [-0.3, -0.25) is 14.7 Å². The lowest BCUT2D eigenvalue weighted by atomic mass is 10.2. The quantitative estimate of drug-likeness (QED) is 0.818. The SMILES string of the molecule is O=C(O)c1ccc(OCCn2[nH]c(=O)ccc2=O)cc1. The minimum absolute atomic E-state index is 0.168. The summed E-state index contributed by atoms with van der Waals surface area (Å²) in [6.45, 7) is 0.363. The third-order valence-electron chi connectivity index (χ3n) is 2.57. The summed E-state index contributed by atoms with van der Waals surface area (Å²) in [5.74, 6) is -0.522. The van der Waals surface area contributed by atoms with E-state index in [4.69, 9.17) is 9.84 Å². The number of ether oxygens (including phenoxy) is 1. The highest BCUT2D eigenvalue weighted by Crippen LogP contribution is 2.11. The fourth-order valence-corrected chi connectivity index (χ4v) is 1.58. The van der Waals surface area contributed by atoms with E-state index in [0.29, 0.717) is 5.75 Å². The molecule has 0 unspecified atom stereocenters. The fourth-order valence-electron chi connectivity index (χ4n) is 1.58. The largest absolute Gasteiger partial charge is 0.492 e. The number of hydrogen-bond donors (Lipinski definition) is 2. The van der Waals surface area contributed by atoms with Crippen molar-refractivity contribution in [2.75, 3.05) is 6.61 Å². The Labute approximate surface area is 113 Å². The highest BCUT2D eigenvalue weighted by Gasteiger charge is 2.02. The molecule has 0 saturated carbocycles. The van der Waals surface area contributed by atoms with Crippen molar-refractivity contribution in [1.29, 1.82) is 0 Å². The summed E-state index contributed by atoms with van der Waals surface area (Å²) >= 11 is 0. The maximum Gasteiger partial charge on any atom is 0.335 e. The Kier molecular flexibility index (Phi) is 3.99. The summed E-state index contributed by atoms with van der Waals surface area (Å²) in [6.07, 6.45) is 0. The van der Waals surface area contributed by atoms with Gasteiger partial charge in [-0.15, -0.1) is 0 Å². The average molecular weight is 276 g/mol. The van der Waals surface area contributed by atoms with Crippen LogP contribution >= 0.6 is 0 Å². The van der Waals surface area contributed by atoms with Gasteiger partial charge in [0.25, 0.3) is 11.1 Å². The van der Waals surface area contributed by atoms with Crippen LogP contribution in [0.25, 0.3) is 0 Å². The number of H-pyrrole nitrogens is 1. The minimum atomic E-state index is -1.01. The maximum absolute atomic E-state index is 11.4. The zero-order valence-electron chi connectivity index (χ0n) is 10.4. The fraction of sp³-hybridized carbons (Fsp3) is 0.154. The number of nitrogens with zero attached hydrogens (tertiary/aromatic N) is 1. The Morgan fingerprint density at radius 3 is 2.50 bits per heavy atom. The van der Waals surface area contributed by atoms with E-state index in [1.165, 1.54) is 30.3 Å². The number of carboxylic acid groups (broad SMARTS) is 1. The standard InChI is InChI=1S/C13H12N2O5/c16-11-5-6-12(17)15(14-11)7-8-20-10-3-1-9(2-4-10)13(18)19/h1-6H,7-8H2,(H,14,16)(H,18,19). The van der Waals surface area contributed by atoms with Crippen molar-refractivity contribution in [1.82, 2.24) is 9.78 Å². The molecular weight excluding hydrogens is 264 g/mol. The topological polar surface area (TPSA) is 101 Å². The molecule has 0 bridgehead atoms. The predicted octanol–water partition coefficient (Wildman–Crippen LogP) is 0.314. The zero-order chi connectivity index (χ0) is 14.5. The first-order valence-corrected chi connectivity index (χ1v) is 5.82. The number of hydrogen-bond acceptors (Lipinski definition) is 4. The molecule has 104 valence electrons. The number of aromatic nitrogens is 2. The van der Waals surface area contributed by atoms with Gasteiger partial charge in [-0.25, -0.2) is 9.48 Å². The van der Waals surface area contributed by atoms with Gasteiger partial charge < -0.3 is 9.84 Å². The van der Waals surface area contributed by atoms with Crippen molar-refractivity contribution in [3.8, 4) is 5.75 Å². The number of carbonyl (C=O) groups is 1. The average Bonchev–Trinajstić information content (AvgIpc) is 2.43. The molecule has 0 aliphatic carbocycles. The van der Waals surface area contributed by atoms with Gasteiger partial charge in [0, 0.05) is 12.1 Å². The molecule has 2 rings (SSSR count). The number of carboxylic acids is 1. The molecule has 1 aromatic heterocycles. The van der Waals surface area contributed by atoms with Crippen molar-refractivity contribution in [3.63, 3.8) is 0 Å².